The molecule has 1 aliphatic carbocycles. The van der Waals surface area contributed by atoms with Gasteiger partial charge in [0.05, 0.1) is 0 Å². The zero-order chi connectivity index (χ0) is 26.0. The van der Waals surface area contributed by atoms with Crippen molar-refractivity contribution in [1.82, 2.24) is 0 Å². The number of hydrogen-bond acceptors (Lipinski definition) is 4. The quantitative estimate of drug-likeness (QED) is 0.239. The summed E-state index contributed by atoms with van der Waals surface area (Å²) in [7, 11) is 1.12. The summed E-state index contributed by atoms with van der Waals surface area (Å²) in [6.07, 6.45) is -2.80. The Morgan fingerprint density at radius 1 is 0.829 bits per heavy atom. The molecule has 0 saturated carbocycles. The molecule has 0 radical (unpaired) electrons. The molecule has 0 aromatic heterocycles. The third kappa shape index (κ3) is 6.32. The molecule has 1 aliphatic rings. The number of halogens is 3. The number of nitrogens with zero attached hydrogens (tertiary/aromatic N) is 1. The fraction of sp³-hybridized carbons (Fsp3) is 0.179. The van der Waals surface area contributed by atoms with Gasteiger partial charge >= 0.3 is 6.18 Å². The second kappa shape index (κ2) is 12.5. The monoisotopic (exact) mass is 481 g/mol. The Bertz CT molecular complexity index is 1300. The predicted octanol–water partition coefficient (Wildman–Crippen LogP) is 6.63. The zero-order valence-corrected chi connectivity index (χ0v) is 19.6. The van der Waals surface area contributed by atoms with Crippen LogP contribution in [0, 0.1) is 6.92 Å². The Kier molecular flexibility index (Phi) is 9.70. The standard InChI is InChI=1S/C15H12F3NO.C11H10.2CH2O/c1-20-19-14(15(16,17)18)12-8-7-10-6-5-9-3-2-4-11(12)13(9)10;1-9-6-7-10-4-2-3-5-11(10)8-9;2*1-2/h2-4,7-8H,5-6H2,1H3;2-8H,1H3;2*1H2. The van der Waals surface area contributed by atoms with E-state index in [1.807, 2.05) is 19.6 Å². The molecular formula is C28H26F3NO3. The molecule has 4 nitrogen and oxygen atoms in total. The SMILES string of the molecule is C=O.C=O.CON=C(c1ccc2c3c(cccc13)CC2)C(F)(F)F.Cc1ccc2ccccc2c1. The molecule has 182 valence electrons. The van der Waals surface area contributed by atoms with Crippen LogP contribution in [0.2, 0.25) is 0 Å². The summed E-state index contributed by atoms with van der Waals surface area (Å²) < 4.78 is 39.4. The molecule has 0 spiro atoms. The number of aryl methyl sites for hydroxylation is 3. The van der Waals surface area contributed by atoms with Crippen molar-refractivity contribution in [3.05, 3.63) is 95.1 Å². The van der Waals surface area contributed by atoms with E-state index in [1.54, 1.807) is 18.2 Å². The van der Waals surface area contributed by atoms with E-state index in [-0.39, 0.29) is 5.56 Å². The lowest BCUT2D eigenvalue weighted by Gasteiger charge is -2.13. The number of alkyl halides is 3. The molecule has 0 aliphatic heterocycles. The van der Waals surface area contributed by atoms with Gasteiger partial charge in [-0.2, -0.15) is 13.2 Å². The molecule has 5 rings (SSSR count). The maximum Gasteiger partial charge on any atom is 0.437 e. The van der Waals surface area contributed by atoms with E-state index in [0.717, 1.165) is 36.5 Å². The van der Waals surface area contributed by atoms with Gasteiger partial charge in [-0.25, -0.2) is 0 Å². The van der Waals surface area contributed by atoms with Crippen LogP contribution >= 0.6 is 0 Å². The summed E-state index contributed by atoms with van der Waals surface area (Å²) in [5.41, 5.74) is 2.60. The topological polar surface area (TPSA) is 55.7 Å². The van der Waals surface area contributed by atoms with Crippen molar-refractivity contribution in [2.45, 2.75) is 25.9 Å². The first-order chi connectivity index (χ1) is 16.9. The van der Waals surface area contributed by atoms with Gasteiger partial charge in [0.2, 0.25) is 0 Å². The summed E-state index contributed by atoms with van der Waals surface area (Å²) >= 11 is 0. The number of oxime groups is 1. The first kappa shape index (κ1) is 27.2. The van der Waals surface area contributed by atoms with Gasteiger partial charge in [-0.15, -0.1) is 0 Å². The van der Waals surface area contributed by atoms with Gasteiger partial charge in [0.1, 0.15) is 20.7 Å². The maximum atomic E-state index is 13.1. The van der Waals surface area contributed by atoms with Crippen LogP contribution in [0.25, 0.3) is 21.5 Å². The van der Waals surface area contributed by atoms with Gasteiger partial charge in [-0.3, -0.25) is 0 Å². The van der Waals surface area contributed by atoms with E-state index in [4.69, 9.17) is 9.59 Å². The minimum atomic E-state index is -4.55. The summed E-state index contributed by atoms with van der Waals surface area (Å²) in [5, 5.41) is 7.35. The Balaban J connectivity index is 0.000000243. The Morgan fingerprint density at radius 2 is 1.46 bits per heavy atom. The average Bonchev–Trinajstić information content (AvgIpc) is 3.30. The minimum absolute atomic E-state index is 0.0712. The number of hydrogen-bond donors (Lipinski definition) is 0. The van der Waals surface area contributed by atoms with E-state index < -0.39 is 11.9 Å². The molecule has 0 fully saturated rings. The average molecular weight is 482 g/mol. The highest BCUT2D eigenvalue weighted by Crippen LogP contribution is 2.35. The molecule has 0 atom stereocenters. The molecule has 0 bridgehead atoms. The highest BCUT2D eigenvalue weighted by atomic mass is 19.4. The van der Waals surface area contributed by atoms with Crippen LogP contribution in [0.5, 0.6) is 0 Å². The van der Waals surface area contributed by atoms with Crippen LogP contribution in [-0.2, 0) is 27.3 Å². The molecule has 4 aromatic rings. The van der Waals surface area contributed by atoms with Crippen molar-refractivity contribution in [2.75, 3.05) is 7.11 Å². The van der Waals surface area contributed by atoms with E-state index >= 15 is 0 Å². The van der Waals surface area contributed by atoms with Crippen LogP contribution in [0.3, 0.4) is 0 Å². The lowest BCUT2D eigenvalue weighted by molar-refractivity contribution is -0.0987. The summed E-state index contributed by atoms with van der Waals surface area (Å²) in [5.74, 6) is 0. The van der Waals surface area contributed by atoms with Crippen molar-refractivity contribution >= 4 is 40.8 Å². The molecule has 0 N–H and O–H groups in total. The lowest BCUT2D eigenvalue weighted by atomic mass is 9.97. The Hall–Kier alpha value is -4.00. The summed E-state index contributed by atoms with van der Waals surface area (Å²) in [4.78, 5) is 20.4. The second-order valence-corrected chi connectivity index (χ2v) is 7.58. The van der Waals surface area contributed by atoms with Gasteiger partial charge < -0.3 is 14.4 Å². The normalized spacial score (nSPS) is 12.0. The van der Waals surface area contributed by atoms with Crippen molar-refractivity contribution in [3.8, 4) is 0 Å². The third-order valence-corrected chi connectivity index (χ3v) is 5.49. The molecule has 0 unspecified atom stereocenters. The van der Waals surface area contributed by atoms with Crippen LogP contribution in [0.4, 0.5) is 13.2 Å². The van der Waals surface area contributed by atoms with Gasteiger partial charge in [-0.05, 0) is 52.4 Å². The molecule has 4 aromatic carbocycles. The van der Waals surface area contributed by atoms with Crippen molar-refractivity contribution in [3.63, 3.8) is 0 Å². The van der Waals surface area contributed by atoms with E-state index in [1.165, 1.54) is 22.4 Å². The molecular weight excluding hydrogens is 455 g/mol. The molecule has 35 heavy (non-hydrogen) atoms. The summed E-state index contributed by atoms with van der Waals surface area (Å²) in [6.45, 7) is 6.12. The smallest absolute Gasteiger partial charge is 0.399 e. The van der Waals surface area contributed by atoms with Crippen molar-refractivity contribution in [2.24, 2.45) is 5.16 Å². The second-order valence-electron chi connectivity index (χ2n) is 7.58. The largest absolute Gasteiger partial charge is 0.437 e. The van der Waals surface area contributed by atoms with Gasteiger partial charge in [0, 0.05) is 5.56 Å². The van der Waals surface area contributed by atoms with Gasteiger partial charge in [0.25, 0.3) is 0 Å². The molecule has 0 heterocycles. The van der Waals surface area contributed by atoms with Crippen molar-refractivity contribution < 1.29 is 27.6 Å². The highest BCUT2D eigenvalue weighted by Gasteiger charge is 2.39. The van der Waals surface area contributed by atoms with E-state index in [9.17, 15) is 13.2 Å². The van der Waals surface area contributed by atoms with E-state index in [2.05, 4.69) is 59.4 Å². The van der Waals surface area contributed by atoms with Crippen LogP contribution in [-0.4, -0.2) is 32.6 Å². The Morgan fingerprint density at radius 3 is 2.09 bits per heavy atom. The van der Waals surface area contributed by atoms with Crippen LogP contribution in [0.15, 0.2) is 78.0 Å². The third-order valence-electron chi connectivity index (χ3n) is 5.49. The van der Waals surface area contributed by atoms with Gasteiger partial charge in [-0.1, -0.05) is 83.5 Å². The zero-order valence-electron chi connectivity index (χ0n) is 19.6. The number of benzene rings is 4. The first-order valence-electron chi connectivity index (χ1n) is 10.6. The Labute approximate surface area is 202 Å². The predicted molar refractivity (Wildman–Crippen MR) is 134 cm³/mol. The van der Waals surface area contributed by atoms with Crippen molar-refractivity contribution in [1.29, 1.82) is 0 Å². The molecule has 0 saturated heterocycles. The van der Waals surface area contributed by atoms with E-state index in [0.29, 0.717) is 5.39 Å². The number of fused-ring (bicyclic) bond motifs is 1. The highest BCUT2D eigenvalue weighted by molar-refractivity contribution is 6.14. The fourth-order valence-electron chi connectivity index (χ4n) is 4.11. The maximum absolute atomic E-state index is 13.1. The molecule has 7 heteroatoms. The number of carbonyl (C=O) groups is 2. The van der Waals surface area contributed by atoms with Gasteiger partial charge in [0.15, 0.2) is 5.71 Å². The minimum Gasteiger partial charge on any atom is -0.399 e. The molecule has 0 amide bonds. The number of carbonyl (C=O) groups excluding carboxylic acids is 2. The summed E-state index contributed by atoms with van der Waals surface area (Å²) in [6, 6.07) is 23.6. The first-order valence-corrected chi connectivity index (χ1v) is 10.6. The van der Waals surface area contributed by atoms with Crippen LogP contribution < -0.4 is 0 Å². The van der Waals surface area contributed by atoms with Crippen LogP contribution in [0.1, 0.15) is 22.3 Å². The lowest BCUT2D eigenvalue weighted by Crippen LogP contribution is -2.24. The number of rotatable bonds is 2. The fourth-order valence-corrected chi connectivity index (χ4v) is 4.11.